The number of hydrogen-bond acceptors (Lipinski definition) is 1. The summed E-state index contributed by atoms with van der Waals surface area (Å²) in [5.74, 6) is 0.658. The normalized spacial score (nSPS) is 13.7. The summed E-state index contributed by atoms with van der Waals surface area (Å²) in [6.45, 7) is 1.59. The molecule has 84 valence electrons. The molecule has 0 heterocycles. The second kappa shape index (κ2) is 4.90. The average Bonchev–Trinajstić information content (AvgIpc) is 2.15. The third kappa shape index (κ3) is 4.14. The van der Waals surface area contributed by atoms with E-state index < -0.39 is 24.8 Å². The van der Waals surface area contributed by atoms with Crippen molar-refractivity contribution in [1.82, 2.24) is 0 Å². The Labute approximate surface area is 92.8 Å². The van der Waals surface area contributed by atoms with Gasteiger partial charge in [0.1, 0.15) is 0 Å². The van der Waals surface area contributed by atoms with E-state index >= 15 is 0 Å². The van der Waals surface area contributed by atoms with Crippen LogP contribution in [-0.2, 0) is 0 Å². The Morgan fingerprint density at radius 1 is 1.20 bits per heavy atom. The molecule has 0 fully saturated rings. The van der Waals surface area contributed by atoms with E-state index in [4.69, 9.17) is 4.74 Å². The van der Waals surface area contributed by atoms with Gasteiger partial charge in [0.15, 0.2) is 0 Å². The van der Waals surface area contributed by atoms with E-state index in [9.17, 15) is 13.2 Å². The number of benzene rings is 1. The Bertz CT molecular complexity index is 307. The SMILES string of the molecule is COc1ccc(C(C)[Se]C(F)(F)F)cc1. The van der Waals surface area contributed by atoms with Gasteiger partial charge in [-0.2, -0.15) is 0 Å². The molecule has 0 amide bonds. The van der Waals surface area contributed by atoms with Crippen molar-refractivity contribution in [3.8, 4) is 5.75 Å². The van der Waals surface area contributed by atoms with Crippen LogP contribution in [0.1, 0.15) is 17.3 Å². The third-order valence-electron chi connectivity index (χ3n) is 1.90. The topological polar surface area (TPSA) is 9.23 Å². The molecule has 1 atom stereocenters. The van der Waals surface area contributed by atoms with E-state index in [1.807, 2.05) is 0 Å². The maximum absolute atomic E-state index is 12.1. The van der Waals surface area contributed by atoms with Crippen molar-refractivity contribution in [2.75, 3.05) is 7.11 Å². The van der Waals surface area contributed by atoms with Crippen molar-refractivity contribution in [2.45, 2.75) is 16.8 Å². The average molecular weight is 283 g/mol. The summed E-state index contributed by atoms with van der Waals surface area (Å²) < 4.78 is 41.4. The van der Waals surface area contributed by atoms with E-state index in [0.717, 1.165) is 0 Å². The second-order valence-corrected chi connectivity index (χ2v) is 5.93. The third-order valence-corrected chi connectivity index (χ3v) is 3.77. The molecule has 0 saturated carbocycles. The minimum atomic E-state index is -4.05. The first-order valence-corrected chi connectivity index (χ1v) is 6.15. The van der Waals surface area contributed by atoms with Gasteiger partial charge in [-0.1, -0.05) is 0 Å². The van der Waals surface area contributed by atoms with Gasteiger partial charge in [-0.15, -0.1) is 0 Å². The number of hydrogen-bond donors (Lipinski definition) is 0. The molecule has 0 aliphatic rings. The van der Waals surface area contributed by atoms with Crippen LogP contribution in [0.2, 0.25) is 0 Å². The Hall–Kier alpha value is -0.671. The summed E-state index contributed by atoms with van der Waals surface area (Å²) in [5, 5.41) is -4.05. The Morgan fingerprint density at radius 3 is 2.13 bits per heavy atom. The van der Waals surface area contributed by atoms with Crippen LogP contribution < -0.4 is 4.74 Å². The molecule has 0 bridgehead atoms. The summed E-state index contributed by atoms with van der Waals surface area (Å²) in [7, 11) is 1.53. The van der Waals surface area contributed by atoms with Gasteiger partial charge in [0.25, 0.3) is 0 Å². The summed E-state index contributed by atoms with van der Waals surface area (Å²) in [4.78, 5) is -0.455. The molecule has 0 radical (unpaired) electrons. The van der Waals surface area contributed by atoms with Crippen LogP contribution in [0.25, 0.3) is 0 Å². The van der Waals surface area contributed by atoms with E-state index in [1.54, 1.807) is 31.2 Å². The van der Waals surface area contributed by atoms with Crippen molar-refractivity contribution >= 4 is 15.0 Å². The zero-order valence-electron chi connectivity index (χ0n) is 8.34. The van der Waals surface area contributed by atoms with Crippen molar-refractivity contribution < 1.29 is 17.9 Å². The molecule has 0 aliphatic carbocycles. The van der Waals surface area contributed by atoms with Crippen LogP contribution in [0, 0.1) is 0 Å². The van der Waals surface area contributed by atoms with Crippen molar-refractivity contribution in [2.24, 2.45) is 0 Å². The Morgan fingerprint density at radius 2 is 1.73 bits per heavy atom. The van der Waals surface area contributed by atoms with Gasteiger partial charge < -0.3 is 0 Å². The molecule has 1 aromatic rings. The number of methoxy groups -OCH3 is 1. The Kier molecular flexibility index (Phi) is 4.05. The van der Waals surface area contributed by atoms with Gasteiger partial charge in [0, 0.05) is 0 Å². The van der Waals surface area contributed by atoms with Gasteiger partial charge in [-0.25, -0.2) is 0 Å². The molecular formula is C10H11F3OSe. The quantitative estimate of drug-likeness (QED) is 0.775. The Balaban J connectivity index is 2.70. The van der Waals surface area contributed by atoms with Gasteiger partial charge in [-0.05, 0) is 0 Å². The van der Waals surface area contributed by atoms with Crippen LogP contribution in [0.3, 0.4) is 0 Å². The molecule has 1 nitrogen and oxygen atoms in total. The van der Waals surface area contributed by atoms with Crippen LogP contribution in [-0.4, -0.2) is 27.1 Å². The van der Waals surface area contributed by atoms with Crippen molar-refractivity contribution in [3.05, 3.63) is 29.8 Å². The molecule has 0 N–H and O–H groups in total. The first-order valence-electron chi connectivity index (χ1n) is 4.31. The molecule has 0 saturated heterocycles. The van der Waals surface area contributed by atoms with Crippen LogP contribution in [0.5, 0.6) is 5.75 Å². The number of alkyl halides is 3. The van der Waals surface area contributed by atoms with E-state index in [2.05, 4.69) is 0 Å². The van der Waals surface area contributed by atoms with E-state index in [-0.39, 0.29) is 0 Å². The maximum atomic E-state index is 12.1. The molecule has 1 rings (SSSR count). The standard InChI is InChI=1S/C10H11F3OSe/c1-7(15-10(11,12)13)8-3-5-9(14-2)6-4-8/h3-7H,1-2H3. The second-order valence-electron chi connectivity index (χ2n) is 2.98. The molecule has 0 aromatic heterocycles. The molecular weight excluding hydrogens is 272 g/mol. The van der Waals surface area contributed by atoms with Gasteiger partial charge >= 0.3 is 92.4 Å². The van der Waals surface area contributed by atoms with Crippen LogP contribution in [0.4, 0.5) is 13.2 Å². The van der Waals surface area contributed by atoms with E-state index in [0.29, 0.717) is 11.3 Å². The van der Waals surface area contributed by atoms with Crippen LogP contribution >= 0.6 is 0 Å². The molecule has 5 heteroatoms. The van der Waals surface area contributed by atoms with Crippen molar-refractivity contribution in [3.63, 3.8) is 0 Å². The van der Waals surface area contributed by atoms with Crippen molar-refractivity contribution in [1.29, 1.82) is 0 Å². The predicted molar refractivity (Wildman–Crippen MR) is 53.2 cm³/mol. The van der Waals surface area contributed by atoms with Gasteiger partial charge in [0.2, 0.25) is 0 Å². The molecule has 0 spiro atoms. The number of halogens is 3. The summed E-state index contributed by atoms with van der Waals surface area (Å²) in [6, 6.07) is 6.71. The number of ether oxygens (including phenoxy) is 1. The zero-order chi connectivity index (χ0) is 11.5. The summed E-state index contributed by atoms with van der Waals surface area (Å²) in [6.07, 6.45) is 0. The number of rotatable bonds is 3. The molecule has 1 aromatic carbocycles. The van der Waals surface area contributed by atoms with E-state index in [1.165, 1.54) is 7.11 Å². The monoisotopic (exact) mass is 284 g/mol. The molecule has 1 unspecified atom stereocenters. The zero-order valence-corrected chi connectivity index (χ0v) is 10.1. The van der Waals surface area contributed by atoms with Gasteiger partial charge in [-0.3, -0.25) is 0 Å². The first-order chi connectivity index (χ1) is 6.92. The molecule has 15 heavy (non-hydrogen) atoms. The fourth-order valence-electron chi connectivity index (χ4n) is 1.14. The molecule has 0 aliphatic heterocycles. The fraction of sp³-hybridized carbons (Fsp3) is 0.400. The predicted octanol–water partition coefficient (Wildman–Crippen LogP) is 2.98. The summed E-state index contributed by atoms with van der Waals surface area (Å²) in [5.41, 5.74) is 0.702. The fourth-order valence-corrected chi connectivity index (χ4v) is 2.60. The minimum absolute atomic E-state index is 0.455. The summed E-state index contributed by atoms with van der Waals surface area (Å²) >= 11 is -1.37. The first kappa shape index (κ1) is 12.4. The van der Waals surface area contributed by atoms with Gasteiger partial charge in [0.05, 0.1) is 0 Å². The van der Waals surface area contributed by atoms with Crippen LogP contribution in [0.15, 0.2) is 24.3 Å².